The third-order valence-electron chi connectivity index (χ3n) is 6.47. The van der Waals surface area contributed by atoms with Crippen LogP contribution in [0.15, 0.2) is 11.8 Å². The second-order valence-corrected chi connectivity index (χ2v) is 9.49. The number of carbonyl (C=O) groups excluding carboxylic acids is 2. The molecule has 2 fully saturated rings. The quantitative estimate of drug-likeness (QED) is 0.747. The first-order chi connectivity index (χ1) is 13.3. The number of hydrogen-bond acceptors (Lipinski definition) is 5. The number of carboxylic acids is 1. The highest BCUT2D eigenvalue weighted by atomic mass is 32.1. The molecule has 1 saturated carbocycles. The number of hydrogen-bond donors (Lipinski definition) is 2. The lowest BCUT2D eigenvalue weighted by molar-refractivity contribution is -0.163. The molecule has 0 unspecified atom stereocenters. The average molecular weight is 402 g/mol. The normalized spacial score (nSPS) is 29.7. The van der Waals surface area contributed by atoms with Gasteiger partial charge in [0.05, 0.1) is 24.6 Å². The summed E-state index contributed by atoms with van der Waals surface area (Å²) in [4.78, 5) is 42.0. The molecule has 4 aliphatic rings. The molecule has 1 aromatic rings. The SMILES string of the molecule is C[C@@H](O)[C@H]1C(=O)N2C(C(=O)O)=C(c3cc4c(s3)CN(C(=O)C3CC3)C4)[C@H](C)[C@H]12. The summed E-state index contributed by atoms with van der Waals surface area (Å²) in [6, 6.07) is 1.68. The third-order valence-corrected chi connectivity index (χ3v) is 7.67. The monoisotopic (exact) mass is 402 g/mol. The topological polar surface area (TPSA) is 98.2 Å². The Morgan fingerprint density at radius 2 is 2.00 bits per heavy atom. The first kappa shape index (κ1) is 17.9. The Bertz CT molecular complexity index is 921. The summed E-state index contributed by atoms with van der Waals surface area (Å²) in [5, 5.41) is 19.8. The van der Waals surface area contributed by atoms with Crippen LogP contribution < -0.4 is 0 Å². The number of carbonyl (C=O) groups is 3. The van der Waals surface area contributed by atoms with Crippen LogP contribution in [0, 0.1) is 17.8 Å². The lowest BCUT2D eigenvalue weighted by Crippen LogP contribution is -2.63. The van der Waals surface area contributed by atoms with Gasteiger partial charge in [-0.3, -0.25) is 9.59 Å². The Hall–Kier alpha value is -2.19. The summed E-state index contributed by atoms with van der Waals surface area (Å²) >= 11 is 1.52. The van der Waals surface area contributed by atoms with Crippen molar-refractivity contribution in [3.8, 4) is 0 Å². The van der Waals surface area contributed by atoms with Crippen LogP contribution in [0.25, 0.3) is 5.57 Å². The number of amides is 2. The third kappa shape index (κ3) is 2.34. The van der Waals surface area contributed by atoms with Gasteiger partial charge in [-0.25, -0.2) is 4.79 Å². The Labute approximate surface area is 166 Å². The van der Waals surface area contributed by atoms with Crippen molar-refractivity contribution in [1.29, 1.82) is 0 Å². The first-order valence-electron chi connectivity index (χ1n) is 9.69. The van der Waals surface area contributed by atoms with Crippen molar-refractivity contribution in [3.05, 3.63) is 27.1 Å². The van der Waals surface area contributed by atoms with Gasteiger partial charge < -0.3 is 20.0 Å². The fourth-order valence-corrected chi connectivity index (χ4v) is 6.27. The van der Waals surface area contributed by atoms with E-state index < -0.39 is 18.0 Å². The minimum atomic E-state index is -1.11. The summed E-state index contributed by atoms with van der Waals surface area (Å²) in [7, 11) is 0. The maximum atomic E-state index is 12.5. The molecule has 1 aliphatic carbocycles. The maximum Gasteiger partial charge on any atom is 0.352 e. The van der Waals surface area contributed by atoms with Crippen LogP contribution in [0.4, 0.5) is 0 Å². The summed E-state index contributed by atoms with van der Waals surface area (Å²) < 4.78 is 0. The van der Waals surface area contributed by atoms with Crippen LogP contribution in [0.1, 0.15) is 42.0 Å². The Balaban J connectivity index is 1.47. The summed E-state index contributed by atoms with van der Waals surface area (Å²) in [6.07, 6.45) is 1.16. The van der Waals surface area contributed by atoms with E-state index in [2.05, 4.69) is 0 Å². The van der Waals surface area contributed by atoms with Crippen LogP contribution in [-0.4, -0.2) is 49.9 Å². The van der Waals surface area contributed by atoms with E-state index >= 15 is 0 Å². The molecule has 0 spiro atoms. The molecule has 5 rings (SSSR count). The van der Waals surface area contributed by atoms with E-state index in [9.17, 15) is 24.6 Å². The number of rotatable bonds is 4. The van der Waals surface area contributed by atoms with Crippen LogP contribution in [0.3, 0.4) is 0 Å². The molecule has 1 aromatic heterocycles. The van der Waals surface area contributed by atoms with Gasteiger partial charge in [-0.05, 0) is 31.4 Å². The van der Waals surface area contributed by atoms with Crippen molar-refractivity contribution in [2.45, 2.75) is 51.9 Å². The largest absolute Gasteiger partial charge is 0.477 e. The maximum absolute atomic E-state index is 12.5. The van der Waals surface area contributed by atoms with E-state index in [1.165, 1.54) is 16.2 Å². The second kappa shape index (κ2) is 5.90. The summed E-state index contributed by atoms with van der Waals surface area (Å²) in [5.74, 6) is -1.73. The van der Waals surface area contributed by atoms with Crippen LogP contribution in [0.5, 0.6) is 0 Å². The van der Waals surface area contributed by atoms with Gasteiger partial charge in [0.15, 0.2) is 0 Å². The molecule has 2 amide bonds. The Kier molecular flexibility index (Phi) is 3.77. The van der Waals surface area contributed by atoms with Crippen molar-refractivity contribution in [3.63, 3.8) is 0 Å². The highest BCUT2D eigenvalue weighted by Gasteiger charge is 2.60. The molecule has 8 heteroatoms. The number of β-lactam (4-membered cyclic amide) rings is 1. The molecule has 0 radical (unpaired) electrons. The number of thiophene rings is 1. The van der Waals surface area contributed by atoms with Gasteiger partial charge in [-0.2, -0.15) is 0 Å². The van der Waals surface area contributed by atoms with Crippen molar-refractivity contribution in [2.24, 2.45) is 17.8 Å². The number of aliphatic hydroxyl groups is 1. The van der Waals surface area contributed by atoms with Crippen molar-refractivity contribution >= 4 is 34.7 Å². The minimum Gasteiger partial charge on any atom is -0.477 e. The van der Waals surface area contributed by atoms with Gasteiger partial charge in [-0.15, -0.1) is 11.3 Å². The number of aliphatic hydroxyl groups excluding tert-OH is 1. The lowest BCUT2D eigenvalue weighted by Gasteiger charge is -2.46. The van der Waals surface area contributed by atoms with Gasteiger partial charge >= 0.3 is 5.97 Å². The molecule has 2 N–H and O–H groups in total. The predicted molar refractivity (Wildman–Crippen MR) is 101 cm³/mol. The minimum absolute atomic E-state index is 0.0465. The molecule has 3 aliphatic heterocycles. The van der Waals surface area contributed by atoms with E-state index in [1.54, 1.807) is 6.92 Å². The molecule has 7 nitrogen and oxygen atoms in total. The van der Waals surface area contributed by atoms with Crippen molar-refractivity contribution < 1.29 is 24.6 Å². The second-order valence-electron chi connectivity index (χ2n) is 8.35. The van der Waals surface area contributed by atoms with Gasteiger partial charge in [0.25, 0.3) is 0 Å². The molecule has 4 atom stereocenters. The summed E-state index contributed by atoms with van der Waals surface area (Å²) in [5.41, 5.74) is 1.80. The van der Waals surface area contributed by atoms with E-state index in [4.69, 9.17) is 0 Å². The molecular weight excluding hydrogens is 380 g/mol. The molecule has 148 valence electrons. The Morgan fingerprint density at radius 3 is 2.57 bits per heavy atom. The van der Waals surface area contributed by atoms with Gasteiger partial charge in [0.1, 0.15) is 5.70 Å². The molecule has 1 saturated heterocycles. The van der Waals surface area contributed by atoms with E-state index in [1.807, 2.05) is 17.9 Å². The molecular formula is C20H22N2O5S. The summed E-state index contributed by atoms with van der Waals surface area (Å²) in [6.45, 7) is 4.67. The fraction of sp³-hybridized carbons (Fsp3) is 0.550. The van der Waals surface area contributed by atoms with Gasteiger partial charge in [-0.1, -0.05) is 6.92 Å². The van der Waals surface area contributed by atoms with E-state index in [0.717, 1.165) is 28.2 Å². The fourth-order valence-electron chi connectivity index (χ4n) is 4.94. The van der Waals surface area contributed by atoms with Crippen LogP contribution >= 0.6 is 11.3 Å². The highest BCUT2D eigenvalue weighted by molar-refractivity contribution is 7.13. The average Bonchev–Trinajstić information content (AvgIpc) is 3.20. The van der Waals surface area contributed by atoms with Gasteiger partial charge in [0, 0.05) is 33.7 Å². The van der Waals surface area contributed by atoms with Crippen molar-refractivity contribution in [2.75, 3.05) is 0 Å². The zero-order valence-electron chi connectivity index (χ0n) is 15.7. The number of fused-ring (bicyclic) bond motifs is 2. The van der Waals surface area contributed by atoms with Crippen LogP contribution in [-0.2, 0) is 27.5 Å². The molecule has 0 bridgehead atoms. The number of aliphatic carboxylic acids is 1. The zero-order chi connectivity index (χ0) is 19.9. The number of carboxylic acid groups (broad SMARTS) is 1. The number of nitrogens with zero attached hydrogens (tertiary/aromatic N) is 2. The standard InChI is InChI=1S/C20H22N2O5S/c1-8-14(17(20(26)27)22-16(8)15(9(2)23)19(22)25)12-5-11-6-21(7-13(11)28-12)18(24)10-3-4-10/h5,8-10,15-16,23H,3-4,6-7H2,1-2H3,(H,26,27)/t8-,9+,15+,16+/m0/s1. The molecule has 4 heterocycles. The Morgan fingerprint density at radius 1 is 1.29 bits per heavy atom. The smallest absolute Gasteiger partial charge is 0.352 e. The molecule has 0 aromatic carbocycles. The van der Waals surface area contributed by atoms with Crippen molar-refractivity contribution in [1.82, 2.24) is 9.80 Å². The molecule has 28 heavy (non-hydrogen) atoms. The lowest BCUT2D eigenvalue weighted by atomic mass is 9.77. The highest BCUT2D eigenvalue weighted by Crippen LogP contribution is 2.52. The van der Waals surface area contributed by atoms with Crippen LogP contribution in [0.2, 0.25) is 0 Å². The van der Waals surface area contributed by atoms with E-state index in [0.29, 0.717) is 18.7 Å². The predicted octanol–water partition coefficient (Wildman–Crippen LogP) is 1.65. The zero-order valence-corrected chi connectivity index (χ0v) is 16.5. The van der Waals surface area contributed by atoms with Gasteiger partial charge in [0.2, 0.25) is 11.8 Å². The van der Waals surface area contributed by atoms with E-state index in [-0.39, 0.29) is 35.4 Å². The first-order valence-corrected chi connectivity index (χ1v) is 10.5.